The monoisotopic (exact) mass is 352 g/mol. The number of pyridine rings is 1. The molecule has 0 N–H and O–H groups in total. The Kier molecular flexibility index (Phi) is 3.28. The normalized spacial score (nSPS) is 13.2. The molecule has 1 aromatic carbocycles. The van der Waals surface area contributed by atoms with Crippen molar-refractivity contribution in [2.24, 2.45) is 0 Å². The Hall–Kier alpha value is -2.54. The first kappa shape index (κ1) is 15.0. The zero-order valence-corrected chi connectivity index (χ0v) is 12.6. The lowest BCUT2D eigenvalue weighted by Gasteiger charge is -2.13. The van der Waals surface area contributed by atoms with Gasteiger partial charge in [0.1, 0.15) is 12.3 Å². The number of nitrogens with zero attached hydrogens (tertiary/aromatic N) is 2. The molecule has 3 heterocycles. The molecule has 24 heavy (non-hydrogen) atoms. The molecule has 4 rings (SSSR count). The minimum absolute atomic E-state index is 0.168. The van der Waals surface area contributed by atoms with Crippen LogP contribution in [-0.2, 0) is 12.8 Å². The van der Waals surface area contributed by atoms with Gasteiger partial charge < -0.3 is 9.15 Å². The molecule has 0 bridgehead atoms. The van der Waals surface area contributed by atoms with Crippen LogP contribution < -0.4 is 4.74 Å². The molecule has 1 aliphatic rings. The molecule has 8 heteroatoms. The van der Waals surface area contributed by atoms with Crippen LogP contribution in [0.4, 0.5) is 13.2 Å². The van der Waals surface area contributed by atoms with Crippen LogP contribution in [0.3, 0.4) is 0 Å². The van der Waals surface area contributed by atoms with E-state index in [-0.39, 0.29) is 12.5 Å². The van der Waals surface area contributed by atoms with E-state index in [4.69, 9.17) is 20.8 Å². The van der Waals surface area contributed by atoms with Crippen molar-refractivity contribution in [1.29, 1.82) is 0 Å². The number of rotatable bonds is 1. The van der Waals surface area contributed by atoms with Gasteiger partial charge in [-0.3, -0.25) is 0 Å². The third kappa shape index (κ3) is 2.50. The SMILES string of the molecule is FC(F)(F)c1ccc(-c2nc3c(o2)-c2cc(Cl)cnc2OC3)cc1. The van der Waals surface area contributed by atoms with E-state index >= 15 is 0 Å². The lowest BCUT2D eigenvalue weighted by Crippen LogP contribution is -2.06. The number of aromatic nitrogens is 2. The maximum atomic E-state index is 12.6. The van der Waals surface area contributed by atoms with E-state index in [1.807, 2.05) is 0 Å². The van der Waals surface area contributed by atoms with Crippen molar-refractivity contribution in [3.05, 3.63) is 52.8 Å². The number of benzene rings is 1. The summed E-state index contributed by atoms with van der Waals surface area (Å²) in [6.07, 6.45) is -2.93. The van der Waals surface area contributed by atoms with Gasteiger partial charge in [-0.05, 0) is 30.3 Å². The smallest absolute Gasteiger partial charge is 0.416 e. The molecule has 0 aliphatic carbocycles. The van der Waals surface area contributed by atoms with Crippen molar-refractivity contribution < 1.29 is 22.3 Å². The van der Waals surface area contributed by atoms with Gasteiger partial charge in [0.15, 0.2) is 5.76 Å². The molecule has 0 atom stereocenters. The number of oxazole rings is 1. The van der Waals surface area contributed by atoms with Crippen molar-refractivity contribution in [3.63, 3.8) is 0 Å². The highest BCUT2D eigenvalue weighted by Gasteiger charge is 2.30. The van der Waals surface area contributed by atoms with E-state index in [0.717, 1.165) is 12.1 Å². The average Bonchev–Trinajstić information content (AvgIpc) is 2.99. The fourth-order valence-electron chi connectivity index (χ4n) is 2.43. The van der Waals surface area contributed by atoms with Crippen LogP contribution in [0.1, 0.15) is 11.3 Å². The number of fused-ring (bicyclic) bond motifs is 3. The third-order valence-electron chi connectivity index (χ3n) is 3.56. The number of ether oxygens (including phenoxy) is 1. The van der Waals surface area contributed by atoms with Crippen LogP contribution in [0.15, 0.2) is 40.9 Å². The molecular weight excluding hydrogens is 345 g/mol. The molecule has 0 radical (unpaired) electrons. The molecule has 0 saturated heterocycles. The maximum Gasteiger partial charge on any atom is 0.416 e. The Labute approximate surface area is 138 Å². The summed E-state index contributed by atoms with van der Waals surface area (Å²) in [7, 11) is 0. The molecule has 0 unspecified atom stereocenters. The molecule has 1 aliphatic heterocycles. The molecule has 4 nitrogen and oxygen atoms in total. The molecule has 3 aromatic rings. The first-order chi connectivity index (χ1) is 11.4. The van der Waals surface area contributed by atoms with Crippen LogP contribution in [0.2, 0.25) is 5.02 Å². The Morgan fingerprint density at radius 1 is 1.12 bits per heavy atom. The van der Waals surface area contributed by atoms with Crippen LogP contribution in [0.25, 0.3) is 22.8 Å². The third-order valence-corrected chi connectivity index (χ3v) is 3.77. The van der Waals surface area contributed by atoms with Gasteiger partial charge in [-0.15, -0.1) is 0 Å². The summed E-state index contributed by atoms with van der Waals surface area (Å²) in [5, 5.41) is 0.415. The van der Waals surface area contributed by atoms with Crippen LogP contribution in [0, 0.1) is 0 Å². The van der Waals surface area contributed by atoms with E-state index in [0.29, 0.717) is 33.5 Å². The minimum Gasteiger partial charge on any atom is -0.470 e. The molecule has 122 valence electrons. The number of alkyl halides is 3. The van der Waals surface area contributed by atoms with Gasteiger partial charge in [0.05, 0.1) is 16.1 Å². The summed E-state index contributed by atoms with van der Waals surface area (Å²) >= 11 is 5.94. The van der Waals surface area contributed by atoms with Crippen LogP contribution in [0.5, 0.6) is 5.88 Å². The topological polar surface area (TPSA) is 48.2 Å². The lowest BCUT2D eigenvalue weighted by molar-refractivity contribution is -0.137. The van der Waals surface area contributed by atoms with E-state index in [2.05, 4.69) is 9.97 Å². The number of hydrogen-bond acceptors (Lipinski definition) is 4. The quantitative estimate of drug-likeness (QED) is 0.620. The van der Waals surface area contributed by atoms with Gasteiger partial charge in [-0.1, -0.05) is 11.6 Å². The Morgan fingerprint density at radius 3 is 2.58 bits per heavy atom. The summed E-state index contributed by atoms with van der Waals surface area (Å²) in [6.45, 7) is 0.168. The lowest BCUT2D eigenvalue weighted by atomic mass is 10.1. The maximum absolute atomic E-state index is 12.6. The zero-order valence-electron chi connectivity index (χ0n) is 11.9. The van der Waals surface area contributed by atoms with E-state index < -0.39 is 11.7 Å². The largest absolute Gasteiger partial charge is 0.470 e. The second-order valence-corrected chi connectivity index (χ2v) is 5.60. The molecular formula is C16H8ClF3N2O2. The fourth-order valence-corrected chi connectivity index (χ4v) is 2.58. The average molecular weight is 353 g/mol. The molecule has 2 aromatic heterocycles. The minimum atomic E-state index is -4.39. The first-order valence-electron chi connectivity index (χ1n) is 6.88. The fraction of sp³-hybridized carbons (Fsp3) is 0.125. The molecule has 0 spiro atoms. The zero-order chi connectivity index (χ0) is 16.9. The first-order valence-corrected chi connectivity index (χ1v) is 7.25. The van der Waals surface area contributed by atoms with Gasteiger partial charge >= 0.3 is 6.18 Å². The molecule has 0 fully saturated rings. The standard InChI is InChI=1S/C16H8ClF3N2O2/c17-10-5-11-13-12(7-23-15(11)21-6-10)22-14(24-13)8-1-3-9(4-2-8)16(18,19)20/h1-6H,7H2. The Bertz CT molecular complexity index is 920. The van der Waals surface area contributed by atoms with E-state index in [9.17, 15) is 13.2 Å². The molecule has 0 saturated carbocycles. The summed E-state index contributed by atoms with van der Waals surface area (Å²) < 4.78 is 49.1. The van der Waals surface area contributed by atoms with Gasteiger partial charge in [0.25, 0.3) is 0 Å². The highest BCUT2D eigenvalue weighted by atomic mass is 35.5. The predicted octanol–water partition coefficient (Wildman–Crippen LogP) is 4.97. The second kappa shape index (κ2) is 5.24. The van der Waals surface area contributed by atoms with Gasteiger partial charge in [0.2, 0.25) is 11.8 Å². The van der Waals surface area contributed by atoms with Crippen molar-refractivity contribution in [2.45, 2.75) is 12.8 Å². The second-order valence-electron chi connectivity index (χ2n) is 5.16. The number of hydrogen-bond donors (Lipinski definition) is 0. The number of halogens is 4. The summed E-state index contributed by atoms with van der Waals surface area (Å²) in [6, 6.07) is 6.25. The van der Waals surface area contributed by atoms with Crippen molar-refractivity contribution in [3.8, 4) is 28.7 Å². The summed E-state index contributed by atoms with van der Waals surface area (Å²) in [5.41, 5.74) is 0.817. The highest BCUT2D eigenvalue weighted by Crippen LogP contribution is 2.40. The Morgan fingerprint density at radius 2 is 1.88 bits per heavy atom. The van der Waals surface area contributed by atoms with Crippen molar-refractivity contribution >= 4 is 11.6 Å². The van der Waals surface area contributed by atoms with Gasteiger partial charge in [0, 0.05) is 11.8 Å². The van der Waals surface area contributed by atoms with Crippen LogP contribution in [-0.4, -0.2) is 9.97 Å². The van der Waals surface area contributed by atoms with Gasteiger partial charge in [-0.25, -0.2) is 9.97 Å². The van der Waals surface area contributed by atoms with Gasteiger partial charge in [-0.2, -0.15) is 13.2 Å². The van der Waals surface area contributed by atoms with E-state index in [1.165, 1.54) is 18.3 Å². The van der Waals surface area contributed by atoms with E-state index in [1.54, 1.807) is 6.07 Å². The predicted molar refractivity (Wildman–Crippen MR) is 79.5 cm³/mol. The highest BCUT2D eigenvalue weighted by molar-refractivity contribution is 6.30. The summed E-state index contributed by atoms with van der Waals surface area (Å²) in [4.78, 5) is 8.37. The Balaban J connectivity index is 1.75. The summed E-state index contributed by atoms with van der Waals surface area (Å²) in [5.74, 6) is 1.05. The molecule has 0 amide bonds. The van der Waals surface area contributed by atoms with Crippen molar-refractivity contribution in [2.75, 3.05) is 0 Å². The van der Waals surface area contributed by atoms with Crippen LogP contribution >= 0.6 is 11.6 Å². The van der Waals surface area contributed by atoms with Crippen molar-refractivity contribution in [1.82, 2.24) is 9.97 Å².